The molecule has 1 aliphatic rings. The van der Waals surface area contributed by atoms with Crippen LogP contribution in [0.2, 0.25) is 0 Å². The molecular formula is C32H24F5N5O5S. The van der Waals surface area contributed by atoms with E-state index in [0.29, 0.717) is 34.1 Å². The van der Waals surface area contributed by atoms with Crippen molar-refractivity contribution in [2.24, 2.45) is 0 Å². The quantitative estimate of drug-likeness (QED) is 0.0724. The molecular weight excluding hydrogens is 661 g/mol. The highest BCUT2D eigenvalue weighted by Gasteiger charge is 2.34. The Balaban J connectivity index is 1.24. The second kappa shape index (κ2) is 14.1. The fourth-order valence-corrected chi connectivity index (χ4v) is 5.88. The first-order valence-electron chi connectivity index (χ1n) is 14.3. The van der Waals surface area contributed by atoms with Crippen molar-refractivity contribution >= 4 is 23.4 Å². The number of halogens is 5. The topological polar surface area (TPSA) is 132 Å². The van der Waals surface area contributed by atoms with Crippen molar-refractivity contribution in [1.82, 2.24) is 20.2 Å². The van der Waals surface area contributed by atoms with Gasteiger partial charge in [0.1, 0.15) is 11.3 Å². The number of thioether (sulfide) groups is 1. The van der Waals surface area contributed by atoms with Crippen molar-refractivity contribution in [1.29, 1.82) is 0 Å². The Bertz CT molecular complexity index is 1920. The molecule has 0 aliphatic carbocycles. The van der Waals surface area contributed by atoms with Gasteiger partial charge in [-0.15, -0.1) is 5.10 Å². The molecule has 0 spiro atoms. The summed E-state index contributed by atoms with van der Waals surface area (Å²) in [4.78, 5) is 12.7. The normalized spacial score (nSPS) is 17.8. The summed E-state index contributed by atoms with van der Waals surface area (Å²) in [6, 6.07) is 19.3. The number of aliphatic hydroxyl groups is 1. The maximum absolute atomic E-state index is 14.3. The van der Waals surface area contributed by atoms with Gasteiger partial charge in [0, 0.05) is 23.4 Å². The molecule has 48 heavy (non-hydrogen) atoms. The van der Waals surface area contributed by atoms with E-state index >= 15 is 0 Å². The van der Waals surface area contributed by atoms with E-state index in [9.17, 15) is 37.0 Å². The van der Waals surface area contributed by atoms with Crippen LogP contribution in [-0.2, 0) is 16.1 Å². The number of nitrogens with one attached hydrogen (secondary N) is 1. The van der Waals surface area contributed by atoms with Gasteiger partial charge in [-0.25, -0.2) is 22.0 Å². The summed E-state index contributed by atoms with van der Waals surface area (Å²) in [5, 5.41) is 33.6. The predicted octanol–water partition coefficient (Wildman–Crippen LogP) is 6.15. The third kappa shape index (κ3) is 6.87. The molecule has 10 nitrogen and oxygen atoms in total. The van der Waals surface area contributed by atoms with Gasteiger partial charge >= 0.3 is 0 Å². The largest absolute Gasteiger partial charge is 0.508 e. The van der Waals surface area contributed by atoms with Crippen LogP contribution in [0.5, 0.6) is 5.75 Å². The number of anilines is 1. The van der Waals surface area contributed by atoms with Crippen LogP contribution in [0, 0.1) is 29.1 Å². The van der Waals surface area contributed by atoms with Gasteiger partial charge in [0.25, 0.3) is 5.91 Å². The lowest BCUT2D eigenvalue weighted by Gasteiger charge is -2.36. The van der Waals surface area contributed by atoms with E-state index in [2.05, 4.69) is 20.8 Å². The number of phenols is 1. The zero-order chi connectivity index (χ0) is 33.9. The van der Waals surface area contributed by atoms with E-state index in [1.165, 1.54) is 46.8 Å². The highest BCUT2D eigenvalue weighted by atomic mass is 32.2. The van der Waals surface area contributed by atoms with Gasteiger partial charge < -0.3 is 25.0 Å². The maximum Gasteiger partial charge on any atom is 0.261 e. The molecule has 0 unspecified atom stereocenters. The van der Waals surface area contributed by atoms with Gasteiger partial charge in [0.05, 0.1) is 24.5 Å². The van der Waals surface area contributed by atoms with Gasteiger partial charge in [0.2, 0.25) is 11.0 Å². The third-order valence-corrected chi connectivity index (χ3v) is 8.45. The lowest BCUT2D eigenvalue weighted by molar-refractivity contribution is -0.245. The number of carbonyl (C=O) groups excluding carboxylic acids is 1. The number of benzene rings is 4. The molecule has 1 saturated heterocycles. The molecule has 4 aromatic carbocycles. The molecule has 3 N–H and O–H groups in total. The molecule has 0 saturated carbocycles. The summed E-state index contributed by atoms with van der Waals surface area (Å²) in [6.45, 7) is -0.143. The van der Waals surface area contributed by atoms with Crippen LogP contribution in [0.4, 0.5) is 27.6 Å². The Morgan fingerprint density at radius 2 is 1.58 bits per heavy atom. The number of phenolic OH excluding ortho intramolecular Hbond substituents is 1. The molecule has 0 radical (unpaired) electrons. The molecule has 0 bridgehead atoms. The lowest BCUT2D eigenvalue weighted by atomic mass is 10.0. The van der Waals surface area contributed by atoms with Crippen molar-refractivity contribution in [2.75, 3.05) is 11.1 Å². The van der Waals surface area contributed by atoms with Crippen molar-refractivity contribution in [3.8, 4) is 11.4 Å². The highest BCUT2D eigenvalue weighted by Crippen LogP contribution is 2.40. The standard InChI is InChI=1S/C32H24F5N5O5S/c33-25-24(26(34)28(36)29(37)27(25)35)30(45)38-19-3-1-2-18(12-19)31-46-22(13-23(47-31)17-6-4-16(14-43)5-7-17)15-48-32-39-40-41-42(32)20-8-10-21(44)11-9-20/h1-12,22-23,31,43-44H,13-15H2,(H,38,45)/t22-,23+,31+/m1/s1. The van der Waals surface area contributed by atoms with Crippen LogP contribution < -0.4 is 5.32 Å². The minimum atomic E-state index is -2.37. The fourth-order valence-electron chi connectivity index (χ4n) is 4.98. The molecule has 5 aromatic rings. The summed E-state index contributed by atoms with van der Waals surface area (Å²) in [7, 11) is 0. The molecule has 6 rings (SSSR count). The molecule has 1 fully saturated rings. The van der Waals surface area contributed by atoms with Crippen molar-refractivity contribution in [3.05, 3.63) is 124 Å². The monoisotopic (exact) mass is 685 g/mol. The van der Waals surface area contributed by atoms with Crippen LogP contribution in [0.1, 0.15) is 45.9 Å². The zero-order valence-corrected chi connectivity index (χ0v) is 25.3. The first-order chi connectivity index (χ1) is 23.1. The number of hydrogen-bond acceptors (Lipinski definition) is 9. The SMILES string of the molecule is O=C(Nc1cccc([C@H]2O[C@@H](CSc3nnnn3-c3ccc(O)cc3)C[C@@H](c3ccc(CO)cc3)O2)c1)c1c(F)c(F)c(F)c(F)c1F. The summed E-state index contributed by atoms with van der Waals surface area (Å²) < 4.78 is 83.6. The zero-order valence-electron chi connectivity index (χ0n) is 24.5. The molecule has 2 heterocycles. The summed E-state index contributed by atoms with van der Waals surface area (Å²) in [5.41, 5.74) is 0.846. The minimum absolute atomic E-state index is 0.0259. The smallest absolute Gasteiger partial charge is 0.261 e. The van der Waals surface area contributed by atoms with E-state index < -0.39 is 59.1 Å². The van der Waals surface area contributed by atoms with Crippen LogP contribution in [0.25, 0.3) is 5.69 Å². The Labute approximate surface area is 273 Å². The van der Waals surface area contributed by atoms with Gasteiger partial charge in [-0.3, -0.25) is 4.79 Å². The van der Waals surface area contributed by atoms with Gasteiger partial charge in [-0.2, -0.15) is 4.68 Å². The molecule has 248 valence electrons. The summed E-state index contributed by atoms with van der Waals surface area (Å²) in [6.07, 6.45) is -1.57. The average molecular weight is 686 g/mol. The second-order valence-electron chi connectivity index (χ2n) is 10.6. The Morgan fingerprint density at radius 1 is 0.896 bits per heavy atom. The average Bonchev–Trinajstić information content (AvgIpc) is 3.58. The molecule has 3 atom stereocenters. The van der Waals surface area contributed by atoms with Crippen molar-refractivity contribution < 1.29 is 46.4 Å². The van der Waals surface area contributed by atoms with E-state index in [0.717, 1.165) is 5.56 Å². The van der Waals surface area contributed by atoms with Gasteiger partial charge in [0.15, 0.2) is 29.6 Å². The fraction of sp³-hybridized carbons (Fsp3) is 0.188. The van der Waals surface area contributed by atoms with E-state index in [4.69, 9.17) is 9.47 Å². The molecule has 1 aliphatic heterocycles. The molecule has 16 heteroatoms. The summed E-state index contributed by atoms with van der Waals surface area (Å²) in [5.74, 6) is -12.5. The number of amides is 1. The Kier molecular flexibility index (Phi) is 9.68. The number of tetrazole rings is 1. The van der Waals surface area contributed by atoms with Crippen LogP contribution in [0.3, 0.4) is 0 Å². The van der Waals surface area contributed by atoms with Gasteiger partial charge in [-0.05, 0) is 58.0 Å². The summed E-state index contributed by atoms with van der Waals surface area (Å²) >= 11 is 1.31. The second-order valence-corrected chi connectivity index (χ2v) is 11.6. The molecule has 1 aromatic heterocycles. The lowest BCUT2D eigenvalue weighted by Crippen LogP contribution is -2.31. The number of aromatic nitrogens is 4. The van der Waals surface area contributed by atoms with Crippen LogP contribution >= 0.6 is 11.8 Å². The minimum Gasteiger partial charge on any atom is -0.508 e. The van der Waals surface area contributed by atoms with Crippen LogP contribution in [-0.4, -0.2) is 48.2 Å². The number of ether oxygens (including phenoxy) is 2. The Hall–Kier alpha value is -4.90. The third-order valence-electron chi connectivity index (χ3n) is 7.40. The van der Waals surface area contributed by atoms with Crippen molar-refractivity contribution in [2.45, 2.75) is 36.7 Å². The van der Waals surface area contributed by atoms with E-state index in [1.807, 2.05) is 12.1 Å². The first kappa shape index (κ1) is 33.0. The first-order valence-corrected chi connectivity index (χ1v) is 15.3. The van der Waals surface area contributed by atoms with Crippen molar-refractivity contribution in [3.63, 3.8) is 0 Å². The molecule has 1 amide bonds. The van der Waals surface area contributed by atoms with Crippen LogP contribution in [0.15, 0.2) is 78.0 Å². The highest BCUT2D eigenvalue weighted by molar-refractivity contribution is 7.99. The number of aliphatic hydroxyl groups excluding tert-OH is 1. The maximum atomic E-state index is 14.3. The number of nitrogens with zero attached hydrogens (tertiary/aromatic N) is 4. The van der Waals surface area contributed by atoms with E-state index in [1.54, 1.807) is 30.3 Å². The number of rotatable bonds is 9. The van der Waals surface area contributed by atoms with Gasteiger partial charge in [-0.1, -0.05) is 48.2 Å². The Morgan fingerprint density at radius 3 is 2.27 bits per heavy atom. The number of aromatic hydroxyl groups is 1. The number of hydrogen-bond donors (Lipinski definition) is 3. The van der Waals surface area contributed by atoms with E-state index in [-0.39, 0.29) is 18.0 Å². The predicted molar refractivity (Wildman–Crippen MR) is 161 cm³/mol. The number of carbonyl (C=O) groups is 1.